The van der Waals surface area contributed by atoms with Gasteiger partial charge in [-0.25, -0.2) is 4.98 Å². The summed E-state index contributed by atoms with van der Waals surface area (Å²) in [7, 11) is 0. The van der Waals surface area contributed by atoms with Crippen molar-refractivity contribution in [1.82, 2.24) is 9.88 Å². The molecule has 0 saturated carbocycles. The van der Waals surface area contributed by atoms with E-state index in [0.717, 1.165) is 31.7 Å². The van der Waals surface area contributed by atoms with E-state index in [1.54, 1.807) is 24.3 Å². The third kappa shape index (κ3) is 5.93. The average Bonchev–Trinajstić information content (AvgIpc) is 3.14. The molecule has 0 saturated heterocycles. The number of anilines is 1. The van der Waals surface area contributed by atoms with Gasteiger partial charge in [0.15, 0.2) is 11.7 Å². The molecule has 152 valence electrons. The van der Waals surface area contributed by atoms with E-state index in [1.807, 2.05) is 5.38 Å². The van der Waals surface area contributed by atoms with E-state index in [4.69, 9.17) is 16.3 Å². The lowest BCUT2D eigenvalue weighted by molar-refractivity contribution is -0.118. The molecule has 29 heavy (non-hydrogen) atoms. The predicted molar refractivity (Wildman–Crippen MR) is 119 cm³/mol. The molecule has 1 aliphatic heterocycles. The van der Waals surface area contributed by atoms with E-state index < -0.39 is 0 Å². The molecular weight excluding hydrogens is 429 g/mol. The van der Waals surface area contributed by atoms with E-state index in [9.17, 15) is 4.79 Å². The maximum Gasteiger partial charge on any atom is 0.264 e. The minimum Gasteiger partial charge on any atom is -0.484 e. The van der Waals surface area contributed by atoms with Crippen LogP contribution in [0.1, 0.15) is 16.8 Å². The van der Waals surface area contributed by atoms with Crippen LogP contribution in [0.2, 0.25) is 5.02 Å². The third-order valence-corrected chi connectivity index (χ3v) is 5.64. The lowest BCUT2D eigenvalue weighted by Crippen LogP contribution is -2.30. The standard InChI is InChI=1S/C21H20ClN3O2S.ClH/c22-17-5-7-19(8-6-17)27-13-20(26)24-21-23-18(14-28-21)12-25-10-9-15-3-1-2-4-16(15)11-25;/h1-8,14H,9-13H2,(H,23,24,26);1H. The van der Waals surface area contributed by atoms with Gasteiger partial charge in [0.05, 0.1) is 5.69 Å². The predicted octanol–water partition coefficient (Wildman–Crippen LogP) is 4.79. The van der Waals surface area contributed by atoms with Crippen LogP contribution in [0, 0.1) is 0 Å². The first-order valence-electron chi connectivity index (χ1n) is 9.07. The molecule has 0 unspecified atom stereocenters. The Morgan fingerprint density at radius 1 is 1.17 bits per heavy atom. The van der Waals surface area contributed by atoms with Crippen LogP contribution in [0.25, 0.3) is 0 Å². The van der Waals surface area contributed by atoms with Crippen molar-refractivity contribution < 1.29 is 9.53 Å². The molecule has 5 nitrogen and oxygen atoms in total. The van der Waals surface area contributed by atoms with Gasteiger partial charge in [0.2, 0.25) is 0 Å². The van der Waals surface area contributed by atoms with Crippen LogP contribution in [-0.4, -0.2) is 28.9 Å². The fourth-order valence-electron chi connectivity index (χ4n) is 3.19. The fraction of sp³-hybridized carbons (Fsp3) is 0.238. The third-order valence-electron chi connectivity index (χ3n) is 4.58. The number of benzene rings is 2. The van der Waals surface area contributed by atoms with Crippen molar-refractivity contribution in [2.24, 2.45) is 0 Å². The molecule has 3 aromatic rings. The number of hydrogen-bond acceptors (Lipinski definition) is 5. The van der Waals surface area contributed by atoms with E-state index in [1.165, 1.54) is 22.5 Å². The zero-order valence-electron chi connectivity index (χ0n) is 15.6. The smallest absolute Gasteiger partial charge is 0.264 e. The van der Waals surface area contributed by atoms with Gasteiger partial charge < -0.3 is 4.74 Å². The number of amides is 1. The molecule has 2 heterocycles. The number of halogens is 2. The van der Waals surface area contributed by atoms with Crippen LogP contribution in [0.15, 0.2) is 53.9 Å². The van der Waals surface area contributed by atoms with Gasteiger partial charge in [-0.2, -0.15) is 0 Å². The quantitative estimate of drug-likeness (QED) is 0.587. The summed E-state index contributed by atoms with van der Waals surface area (Å²) in [6.07, 6.45) is 1.06. The van der Waals surface area contributed by atoms with Gasteiger partial charge in [0.25, 0.3) is 5.91 Å². The van der Waals surface area contributed by atoms with E-state index in [-0.39, 0.29) is 24.9 Å². The van der Waals surface area contributed by atoms with E-state index >= 15 is 0 Å². The van der Waals surface area contributed by atoms with Crippen molar-refractivity contribution in [2.45, 2.75) is 19.5 Å². The van der Waals surface area contributed by atoms with Crippen LogP contribution in [0.3, 0.4) is 0 Å². The number of ether oxygens (including phenoxy) is 1. The van der Waals surface area contributed by atoms with Crippen LogP contribution in [0.5, 0.6) is 5.75 Å². The molecule has 0 fully saturated rings. The summed E-state index contributed by atoms with van der Waals surface area (Å²) in [5.74, 6) is 0.368. The number of aromatic nitrogens is 1. The van der Waals surface area contributed by atoms with Crippen molar-refractivity contribution in [1.29, 1.82) is 0 Å². The Morgan fingerprint density at radius 3 is 2.72 bits per heavy atom. The molecule has 0 bridgehead atoms. The van der Waals surface area contributed by atoms with Gasteiger partial charge in [-0.05, 0) is 41.8 Å². The monoisotopic (exact) mass is 449 g/mol. The molecule has 0 atom stereocenters. The van der Waals surface area contributed by atoms with Crippen molar-refractivity contribution in [3.63, 3.8) is 0 Å². The molecule has 0 radical (unpaired) electrons. The topological polar surface area (TPSA) is 54.5 Å². The summed E-state index contributed by atoms with van der Waals surface area (Å²) in [5, 5.41) is 6.02. The van der Waals surface area contributed by atoms with Crippen LogP contribution < -0.4 is 10.1 Å². The summed E-state index contributed by atoms with van der Waals surface area (Å²) in [4.78, 5) is 19.0. The molecule has 1 N–H and O–H groups in total. The highest BCUT2D eigenvalue weighted by Crippen LogP contribution is 2.22. The van der Waals surface area contributed by atoms with Gasteiger partial charge in [-0.15, -0.1) is 23.7 Å². The highest BCUT2D eigenvalue weighted by atomic mass is 35.5. The Labute approximate surface area is 185 Å². The highest BCUT2D eigenvalue weighted by molar-refractivity contribution is 7.13. The van der Waals surface area contributed by atoms with Crippen LogP contribution in [-0.2, 0) is 24.3 Å². The summed E-state index contributed by atoms with van der Waals surface area (Å²) in [6.45, 7) is 2.66. The molecule has 2 aromatic carbocycles. The lowest BCUT2D eigenvalue weighted by atomic mass is 10.00. The first-order chi connectivity index (χ1) is 13.7. The molecule has 1 aromatic heterocycles. The average molecular weight is 450 g/mol. The van der Waals surface area contributed by atoms with Gasteiger partial charge in [0.1, 0.15) is 5.75 Å². The first-order valence-corrected chi connectivity index (χ1v) is 10.3. The minimum atomic E-state index is -0.234. The van der Waals surface area contributed by atoms with Crippen molar-refractivity contribution in [2.75, 3.05) is 18.5 Å². The van der Waals surface area contributed by atoms with Crippen molar-refractivity contribution >= 4 is 46.4 Å². The zero-order chi connectivity index (χ0) is 19.3. The first kappa shape index (κ1) is 21.6. The van der Waals surface area contributed by atoms with Crippen LogP contribution >= 0.6 is 35.3 Å². The second-order valence-electron chi connectivity index (χ2n) is 6.66. The fourth-order valence-corrected chi connectivity index (χ4v) is 4.03. The largest absolute Gasteiger partial charge is 0.484 e. The molecule has 4 rings (SSSR count). The number of fused-ring (bicyclic) bond motifs is 1. The Kier molecular flexibility index (Phi) is 7.50. The Balaban J connectivity index is 0.00000240. The summed E-state index contributed by atoms with van der Waals surface area (Å²) in [6, 6.07) is 15.5. The SMILES string of the molecule is Cl.O=C(COc1ccc(Cl)cc1)Nc1nc(CN2CCc3ccccc3C2)cs1. The van der Waals surface area contributed by atoms with Crippen molar-refractivity contribution in [3.05, 3.63) is 75.8 Å². The summed E-state index contributed by atoms with van der Waals surface area (Å²) >= 11 is 7.27. The lowest BCUT2D eigenvalue weighted by Gasteiger charge is -2.27. The number of carbonyl (C=O) groups is 1. The number of carbonyl (C=O) groups excluding carboxylic acids is 1. The van der Waals surface area contributed by atoms with Gasteiger partial charge in [-0.1, -0.05) is 35.9 Å². The molecule has 0 spiro atoms. The van der Waals surface area contributed by atoms with E-state index in [2.05, 4.69) is 39.5 Å². The Bertz CT molecular complexity index is 963. The maximum absolute atomic E-state index is 12.1. The van der Waals surface area contributed by atoms with Crippen LogP contribution in [0.4, 0.5) is 5.13 Å². The minimum absolute atomic E-state index is 0. The second kappa shape index (κ2) is 10.1. The molecule has 1 amide bonds. The number of nitrogens with one attached hydrogen (secondary N) is 1. The normalized spacial score (nSPS) is 13.3. The number of hydrogen-bond donors (Lipinski definition) is 1. The maximum atomic E-state index is 12.1. The summed E-state index contributed by atoms with van der Waals surface area (Å²) in [5.41, 5.74) is 3.79. The number of rotatable bonds is 6. The van der Waals surface area contributed by atoms with Gasteiger partial charge in [-0.3, -0.25) is 15.0 Å². The van der Waals surface area contributed by atoms with Gasteiger partial charge in [0, 0.05) is 30.0 Å². The summed E-state index contributed by atoms with van der Waals surface area (Å²) < 4.78 is 5.45. The van der Waals surface area contributed by atoms with Crippen molar-refractivity contribution in [3.8, 4) is 5.75 Å². The van der Waals surface area contributed by atoms with E-state index in [0.29, 0.717) is 15.9 Å². The van der Waals surface area contributed by atoms with Gasteiger partial charge >= 0.3 is 0 Å². The Hall–Kier alpha value is -2.12. The molecule has 1 aliphatic rings. The molecular formula is C21H21Cl2N3O2S. The second-order valence-corrected chi connectivity index (χ2v) is 7.96. The number of nitrogens with zero attached hydrogens (tertiary/aromatic N) is 2. The number of thiazole rings is 1. The zero-order valence-corrected chi connectivity index (χ0v) is 18.0. The molecule has 8 heteroatoms. The molecule has 0 aliphatic carbocycles. The highest BCUT2D eigenvalue weighted by Gasteiger charge is 2.17. The Morgan fingerprint density at radius 2 is 1.93 bits per heavy atom.